The zero-order chi connectivity index (χ0) is 12.5. The second-order valence-electron chi connectivity index (χ2n) is 4.56. The number of fused-ring (bicyclic) bond motifs is 1. The van der Waals surface area contributed by atoms with Crippen LogP contribution in [0, 0.1) is 0 Å². The van der Waals surface area contributed by atoms with Gasteiger partial charge in [-0.05, 0) is 32.0 Å². The Bertz CT molecular complexity index is 603. The molecule has 0 aliphatic carbocycles. The van der Waals surface area contributed by atoms with Gasteiger partial charge in [-0.15, -0.1) is 5.10 Å². The van der Waals surface area contributed by atoms with Crippen LogP contribution < -0.4 is 15.9 Å². The lowest BCUT2D eigenvalue weighted by molar-refractivity contribution is 0.446. The molecule has 0 spiro atoms. The van der Waals surface area contributed by atoms with E-state index >= 15 is 0 Å². The molecule has 2 aromatic rings. The van der Waals surface area contributed by atoms with Crippen LogP contribution in [0.4, 0.5) is 5.82 Å². The Morgan fingerprint density at radius 2 is 2.39 bits per heavy atom. The number of anilines is 1. The lowest BCUT2D eigenvalue weighted by atomic mass is 10.1. The highest BCUT2D eigenvalue weighted by Gasteiger charge is 2.20. The molecular weight excluding hydrogens is 232 g/mol. The van der Waals surface area contributed by atoms with Crippen LogP contribution in [0.1, 0.15) is 12.8 Å². The maximum Gasteiger partial charge on any atom is 0.364 e. The number of aromatic amines is 1. The van der Waals surface area contributed by atoms with E-state index in [1.54, 1.807) is 0 Å². The first kappa shape index (κ1) is 11.2. The predicted octanol–water partition coefficient (Wildman–Crippen LogP) is -0.394. The van der Waals surface area contributed by atoms with Gasteiger partial charge in [0.25, 0.3) is 0 Å². The molecule has 3 rings (SSSR count). The molecule has 1 saturated heterocycles. The van der Waals surface area contributed by atoms with Gasteiger partial charge in [-0.1, -0.05) is 0 Å². The Hall–Kier alpha value is -1.89. The Labute approximate surface area is 104 Å². The van der Waals surface area contributed by atoms with Gasteiger partial charge in [0, 0.05) is 19.1 Å². The van der Waals surface area contributed by atoms with E-state index in [1.165, 1.54) is 10.9 Å². The number of H-pyrrole nitrogens is 1. The van der Waals surface area contributed by atoms with Crippen molar-refractivity contribution < 1.29 is 0 Å². The lowest BCUT2D eigenvalue weighted by Gasteiger charge is -2.33. The molecule has 1 aliphatic heterocycles. The van der Waals surface area contributed by atoms with E-state index in [0.29, 0.717) is 11.7 Å². The molecule has 1 aliphatic rings. The quantitative estimate of drug-likeness (QED) is 0.756. The Morgan fingerprint density at radius 1 is 1.50 bits per heavy atom. The van der Waals surface area contributed by atoms with Gasteiger partial charge in [-0.25, -0.2) is 9.89 Å². The molecule has 0 bridgehead atoms. The summed E-state index contributed by atoms with van der Waals surface area (Å²) in [5.41, 5.74) is 0.250. The largest absolute Gasteiger partial charge is 0.364 e. The molecule has 96 valence electrons. The highest BCUT2D eigenvalue weighted by Crippen LogP contribution is 2.17. The van der Waals surface area contributed by atoms with Crippen molar-refractivity contribution >= 4 is 11.5 Å². The first-order chi connectivity index (χ1) is 8.78. The number of nitrogens with zero attached hydrogens (tertiary/aromatic N) is 4. The highest BCUT2D eigenvalue weighted by molar-refractivity contribution is 5.45. The third-order valence-electron chi connectivity index (χ3n) is 3.41. The fourth-order valence-corrected chi connectivity index (χ4v) is 2.38. The topological polar surface area (TPSA) is 78.3 Å². The molecule has 1 unspecified atom stereocenters. The molecule has 0 radical (unpaired) electrons. The zero-order valence-electron chi connectivity index (χ0n) is 10.3. The summed E-state index contributed by atoms with van der Waals surface area (Å²) in [4.78, 5) is 13.7. The van der Waals surface area contributed by atoms with E-state index in [9.17, 15) is 4.79 Å². The van der Waals surface area contributed by atoms with Crippen molar-refractivity contribution in [3.8, 4) is 0 Å². The number of piperidine rings is 1. The van der Waals surface area contributed by atoms with Crippen molar-refractivity contribution in [3.05, 3.63) is 22.6 Å². The maximum atomic E-state index is 11.5. The van der Waals surface area contributed by atoms with Crippen molar-refractivity contribution in [1.82, 2.24) is 25.1 Å². The number of rotatable bonds is 2. The normalized spacial score (nSPS) is 20.5. The molecule has 18 heavy (non-hydrogen) atoms. The van der Waals surface area contributed by atoms with E-state index in [1.807, 2.05) is 19.2 Å². The Morgan fingerprint density at radius 3 is 3.22 bits per heavy atom. The van der Waals surface area contributed by atoms with E-state index in [2.05, 4.69) is 25.5 Å². The highest BCUT2D eigenvalue weighted by atomic mass is 16.2. The monoisotopic (exact) mass is 248 g/mol. The van der Waals surface area contributed by atoms with Crippen molar-refractivity contribution in [2.24, 2.45) is 0 Å². The van der Waals surface area contributed by atoms with Crippen molar-refractivity contribution in [2.45, 2.75) is 18.9 Å². The molecule has 7 heteroatoms. The van der Waals surface area contributed by atoms with Gasteiger partial charge in [-0.2, -0.15) is 9.61 Å². The second kappa shape index (κ2) is 4.41. The van der Waals surface area contributed by atoms with Crippen LogP contribution >= 0.6 is 0 Å². The van der Waals surface area contributed by atoms with Crippen LogP contribution in [-0.2, 0) is 0 Å². The summed E-state index contributed by atoms with van der Waals surface area (Å²) in [6.45, 7) is 1.89. The minimum atomic E-state index is -0.297. The number of nitrogens with one attached hydrogen (secondary N) is 2. The van der Waals surface area contributed by atoms with Crippen LogP contribution in [0.5, 0.6) is 0 Å². The van der Waals surface area contributed by atoms with E-state index in [4.69, 9.17) is 0 Å². The molecule has 3 heterocycles. The maximum absolute atomic E-state index is 11.5. The SMILES string of the molecule is CNC1CCCN(c2ccc3n[nH]c(=O)n3n2)C1. The summed E-state index contributed by atoms with van der Waals surface area (Å²) in [6.07, 6.45) is 2.31. The number of aromatic nitrogens is 4. The molecule has 0 amide bonds. The summed E-state index contributed by atoms with van der Waals surface area (Å²) in [5.74, 6) is 0.825. The number of likely N-dealkylation sites (N-methyl/N-ethyl adjacent to an activating group) is 1. The molecule has 0 aromatic carbocycles. The molecule has 2 aromatic heterocycles. The summed E-state index contributed by atoms with van der Waals surface area (Å²) in [6, 6.07) is 4.20. The summed E-state index contributed by atoms with van der Waals surface area (Å²) in [5, 5.41) is 13.9. The standard InChI is InChI=1S/C11H16N6O/c1-12-8-3-2-6-16(7-8)10-5-4-9-13-14-11(18)17(9)15-10/h4-5,8,12H,2-3,6-7H2,1H3,(H,14,18). The molecular formula is C11H16N6O. The molecule has 7 nitrogen and oxygen atoms in total. The van der Waals surface area contributed by atoms with E-state index < -0.39 is 0 Å². The van der Waals surface area contributed by atoms with Gasteiger partial charge in [0.15, 0.2) is 5.65 Å². The van der Waals surface area contributed by atoms with Gasteiger partial charge < -0.3 is 10.2 Å². The Balaban J connectivity index is 1.93. The lowest BCUT2D eigenvalue weighted by Crippen LogP contribution is -2.45. The van der Waals surface area contributed by atoms with Crippen molar-refractivity contribution in [1.29, 1.82) is 0 Å². The molecule has 1 fully saturated rings. The molecule has 1 atom stereocenters. The summed E-state index contributed by atoms with van der Waals surface area (Å²) < 4.78 is 1.30. The second-order valence-corrected chi connectivity index (χ2v) is 4.56. The summed E-state index contributed by atoms with van der Waals surface area (Å²) in [7, 11) is 1.98. The first-order valence-corrected chi connectivity index (χ1v) is 6.14. The minimum absolute atomic E-state index is 0.297. The molecule has 0 saturated carbocycles. The van der Waals surface area contributed by atoms with Crippen LogP contribution in [0.2, 0.25) is 0 Å². The van der Waals surface area contributed by atoms with Crippen LogP contribution in [0.25, 0.3) is 5.65 Å². The van der Waals surface area contributed by atoms with Gasteiger partial charge in [0.05, 0.1) is 0 Å². The van der Waals surface area contributed by atoms with Gasteiger partial charge >= 0.3 is 5.69 Å². The zero-order valence-corrected chi connectivity index (χ0v) is 10.3. The minimum Gasteiger partial charge on any atom is -0.354 e. The summed E-state index contributed by atoms with van der Waals surface area (Å²) >= 11 is 0. The third-order valence-corrected chi connectivity index (χ3v) is 3.41. The molecule has 2 N–H and O–H groups in total. The van der Waals surface area contributed by atoms with Crippen molar-refractivity contribution in [3.63, 3.8) is 0 Å². The van der Waals surface area contributed by atoms with Gasteiger partial charge in [-0.3, -0.25) is 0 Å². The average molecular weight is 248 g/mol. The van der Waals surface area contributed by atoms with Crippen LogP contribution in [-0.4, -0.2) is 46.0 Å². The Kier molecular flexibility index (Phi) is 2.75. The van der Waals surface area contributed by atoms with Crippen LogP contribution in [0.15, 0.2) is 16.9 Å². The van der Waals surface area contributed by atoms with Gasteiger partial charge in [0.1, 0.15) is 5.82 Å². The van der Waals surface area contributed by atoms with Crippen LogP contribution in [0.3, 0.4) is 0 Å². The smallest absolute Gasteiger partial charge is 0.354 e. The third kappa shape index (κ3) is 1.86. The number of hydrogen-bond donors (Lipinski definition) is 2. The fraction of sp³-hybridized carbons (Fsp3) is 0.545. The predicted molar refractivity (Wildman–Crippen MR) is 67.9 cm³/mol. The number of hydrogen-bond acceptors (Lipinski definition) is 5. The van der Waals surface area contributed by atoms with Crippen molar-refractivity contribution in [2.75, 3.05) is 25.0 Å². The first-order valence-electron chi connectivity index (χ1n) is 6.14. The van der Waals surface area contributed by atoms with Gasteiger partial charge in [0.2, 0.25) is 0 Å². The fourth-order valence-electron chi connectivity index (χ4n) is 2.38. The van der Waals surface area contributed by atoms with E-state index in [-0.39, 0.29) is 5.69 Å². The average Bonchev–Trinajstić information content (AvgIpc) is 2.80. The van der Waals surface area contributed by atoms with E-state index in [0.717, 1.165) is 25.3 Å².